The van der Waals surface area contributed by atoms with Crippen LogP contribution in [0.1, 0.15) is 30.1 Å². The molecule has 3 heterocycles. The molecule has 0 spiro atoms. The first-order valence-electron chi connectivity index (χ1n) is 8.37. The minimum Gasteiger partial charge on any atom is -0.465 e. The zero-order valence-corrected chi connectivity index (χ0v) is 14.2. The van der Waals surface area contributed by atoms with Crippen LogP contribution in [0, 0.1) is 6.92 Å². The lowest BCUT2D eigenvalue weighted by atomic mass is 10.2. The standard InChI is InChI=1S/C18H22N4O3/c1-13-5-7-16(25-13)10-20-18(24)22(11-14-4-2-3-9-19-14)12-15-6-8-17(23)21-15/h2-5,7,9,15H,6,8,10-12H2,1H3,(H,20,24)(H,21,23)/t15-/m0/s1. The van der Waals surface area contributed by atoms with E-state index in [1.807, 2.05) is 37.3 Å². The van der Waals surface area contributed by atoms with E-state index < -0.39 is 0 Å². The molecule has 0 aliphatic carbocycles. The number of aryl methyl sites for hydroxylation is 1. The third-order valence-electron chi connectivity index (χ3n) is 4.10. The maximum Gasteiger partial charge on any atom is 0.318 e. The van der Waals surface area contributed by atoms with Gasteiger partial charge in [0, 0.05) is 25.2 Å². The molecule has 25 heavy (non-hydrogen) atoms. The summed E-state index contributed by atoms with van der Waals surface area (Å²) in [5.74, 6) is 1.55. The number of carbonyl (C=O) groups excluding carboxylic acids is 2. The van der Waals surface area contributed by atoms with Gasteiger partial charge in [-0.1, -0.05) is 6.07 Å². The Balaban J connectivity index is 1.63. The highest BCUT2D eigenvalue weighted by atomic mass is 16.3. The largest absolute Gasteiger partial charge is 0.465 e. The number of pyridine rings is 1. The number of nitrogens with zero attached hydrogens (tertiary/aromatic N) is 2. The first kappa shape index (κ1) is 17.0. The highest BCUT2D eigenvalue weighted by molar-refractivity contribution is 5.79. The number of carbonyl (C=O) groups is 2. The van der Waals surface area contributed by atoms with Crippen molar-refractivity contribution in [2.75, 3.05) is 6.54 Å². The average Bonchev–Trinajstić information content (AvgIpc) is 3.21. The van der Waals surface area contributed by atoms with Crippen molar-refractivity contribution >= 4 is 11.9 Å². The summed E-state index contributed by atoms with van der Waals surface area (Å²) in [5, 5.41) is 5.77. The second-order valence-electron chi connectivity index (χ2n) is 6.18. The van der Waals surface area contributed by atoms with E-state index in [2.05, 4.69) is 15.6 Å². The van der Waals surface area contributed by atoms with E-state index in [0.717, 1.165) is 17.9 Å². The van der Waals surface area contributed by atoms with Gasteiger partial charge in [-0.05, 0) is 37.6 Å². The van der Waals surface area contributed by atoms with E-state index in [4.69, 9.17) is 4.42 Å². The fourth-order valence-corrected chi connectivity index (χ4v) is 2.84. The summed E-state index contributed by atoms with van der Waals surface area (Å²) in [5.41, 5.74) is 0.802. The maximum absolute atomic E-state index is 12.6. The van der Waals surface area contributed by atoms with Crippen molar-refractivity contribution in [1.82, 2.24) is 20.5 Å². The van der Waals surface area contributed by atoms with Crippen molar-refractivity contribution in [2.24, 2.45) is 0 Å². The second-order valence-corrected chi connectivity index (χ2v) is 6.18. The molecule has 2 aromatic heterocycles. The predicted octanol–water partition coefficient (Wildman–Crippen LogP) is 1.97. The van der Waals surface area contributed by atoms with Crippen molar-refractivity contribution in [1.29, 1.82) is 0 Å². The van der Waals surface area contributed by atoms with Gasteiger partial charge in [-0.25, -0.2) is 4.79 Å². The van der Waals surface area contributed by atoms with Crippen LogP contribution in [0.25, 0.3) is 0 Å². The number of aromatic nitrogens is 1. The van der Waals surface area contributed by atoms with Crippen LogP contribution in [0.5, 0.6) is 0 Å². The van der Waals surface area contributed by atoms with Crippen molar-refractivity contribution in [3.63, 3.8) is 0 Å². The zero-order chi connectivity index (χ0) is 17.6. The summed E-state index contributed by atoms with van der Waals surface area (Å²) in [6, 6.07) is 9.08. The molecular formula is C18H22N4O3. The monoisotopic (exact) mass is 342 g/mol. The van der Waals surface area contributed by atoms with Crippen LogP contribution in [-0.2, 0) is 17.9 Å². The molecule has 2 N–H and O–H groups in total. The highest BCUT2D eigenvalue weighted by Gasteiger charge is 2.25. The lowest BCUT2D eigenvalue weighted by molar-refractivity contribution is -0.119. The molecule has 1 aliphatic heterocycles. The first-order valence-corrected chi connectivity index (χ1v) is 8.37. The molecule has 0 bridgehead atoms. The number of hydrogen-bond acceptors (Lipinski definition) is 4. The Kier molecular flexibility index (Phi) is 5.33. The lowest BCUT2D eigenvalue weighted by Crippen LogP contribution is -2.45. The normalized spacial score (nSPS) is 16.5. The summed E-state index contributed by atoms with van der Waals surface area (Å²) in [7, 11) is 0. The molecule has 0 saturated carbocycles. The summed E-state index contributed by atoms with van der Waals surface area (Å²) < 4.78 is 5.48. The van der Waals surface area contributed by atoms with Gasteiger partial charge in [0.25, 0.3) is 0 Å². The fraction of sp³-hybridized carbons (Fsp3) is 0.389. The van der Waals surface area contributed by atoms with E-state index in [-0.39, 0.29) is 18.0 Å². The smallest absolute Gasteiger partial charge is 0.318 e. The van der Waals surface area contributed by atoms with Gasteiger partial charge < -0.3 is 20.0 Å². The molecule has 3 amide bonds. The summed E-state index contributed by atoms with van der Waals surface area (Å²) >= 11 is 0. The van der Waals surface area contributed by atoms with Gasteiger partial charge in [0.1, 0.15) is 11.5 Å². The van der Waals surface area contributed by atoms with Gasteiger partial charge in [-0.2, -0.15) is 0 Å². The van der Waals surface area contributed by atoms with Crippen molar-refractivity contribution in [3.05, 3.63) is 53.7 Å². The number of rotatable bonds is 6. The average molecular weight is 342 g/mol. The van der Waals surface area contributed by atoms with Crippen LogP contribution < -0.4 is 10.6 Å². The van der Waals surface area contributed by atoms with E-state index in [1.54, 1.807) is 11.1 Å². The Morgan fingerprint density at radius 1 is 1.40 bits per heavy atom. The van der Waals surface area contributed by atoms with Gasteiger partial charge >= 0.3 is 6.03 Å². The summed E-state index contributed by atoms with van der Waals surface area (Å²) in [4.78, 5) is 30.0. The number of hydrogen-bond donors (Lipinski definition) is 2. The molecule has 1 atom stereocenters. The topological polar surface area (TPSA) is 87.5 Å². The Labute approximate surface area is 146 Å². The minimum atomic E-state index is -0.208. The zero-order valence-electron chi connectivity index (χ0n) is 14.2. The fourth-order valence-electron chi connectivity index (χ4n) is 2.84. The van der Waals surface area contributed by atoms with Gasteiger partial charge in [0.15, 0.2) is 0 Å². The Morgan fingerprint density at radius 3 is 2.92 bits per heavy atom. The van der Waals surface area contributed by atoms with Crippen LogP contribution in [0.2, 0.25) is 0 Å². The summed E-state index contributed by atoms with van der Waals surface area (Å²) in [6.45, 7) is 3.02. The molecule has 2 aromatic rings. The maximum atomic E-state index is 12.6. The number of urea groups is 1. The SMILES string of the molecule is Cc1ccc(CNC(=O)N(Cc2ccccn2)C[C@@H]2CCC(=O)N2)o1. The lowest BCUT2D eigenvalue weighted by Gasteiger charge is -2.25. The van der Waals surface area contributed by atoms with E-state index in [1.165, 1.54) is 0 Å². The van der Waals surface area contributed by atoms with Gasteiger partial charge in [0.2, 0.25) is 5.91 Å². The van der Waals surface area contributed by atoms with E-state index >= 15 is 0 Å². The predicted molar refractivity (Wildman–Crippen MR) is 91.5 cm³/mol. The molecule has 1 saturated heterocycles. The van der Waals surface area contributed by atoms with Crippen LogP contribution in [-0.4, -0.2) is 34.4 Å². The molecule has 0 aromatic carbocycles. The molecule has 132 valence electrons. The Morgan fingerprint density at radius 2 is 2.28 bits per heavy atom. The minimum absolute atomic E-state index is 0.0205. The number of nitrogens with one attached hydrogen (secondary N) is 2. The number of furan rings is 1. The second kappa shape index (κ2) is 7.83. The van der Waals surface area contributed by atoms with Crippen LogP contribution in [0.4, 0.5) is 4.79 Å². The van der Waals surface area contributed by atoms with Crippen molar-refractivity contribution in [3.8, 4) is 0 Å². The van der Waals surface area contributed by atoms with Crippen LogP contribution in [0.15, 0.2) is 40.9 Å². The summed E-state index contributed by atoms with van der Waals surface area (Å²) in [6.07, 6.45) is 2.95. The molecule has 1 aliphatic rings. The van der Waals surface area contributed by atoms with Gasteiger partial charge in [-0.15, -0.1) is 0 Å². The van der Waals surface area contributed by atoms with Crippen LogP contribution in [0.3, 0.4) is 0 Å². The van der Waals surface area contributed by atoms with Gasteiger partial charge in [0.05, 0.1) is 18.8 Å². The molecule has 1 fully saturated rings. The van der Waals surface area contributed by atoms with Crippen LogP contribution >= 0.6 is 0 Å². The Bertz CT molecular complexity index is 729. The van der Waals surface area contributed by atoms with Crippen molar-refractivity contribution in [2.45, 2.75) is 38.9 Å². The molecule has 7 nitrogen and oxygen atoms in total. The van der Waals surface area contributed by atoms with E-state index in [0.29, 0.717) is 31.8 Å². The third kappa shape index (κ3) is 4.82. The molecular weight excluding hydrogens is 320 g/mol. The van der Waals surface area contributed by atoms with Crippen molar-refractivity contribution < 1.29 is 14.0 Å². The molecule has 0 unspecified atom stereocenters. The molecule has 3 rings (SSSR count). The Hall–Kier alpha value is -2.83. The third-order valence-corrected chi connectivity index (χ3v) is 4.10. The number of amides is 3. The van der Waals surface area contributed by atoms with E-state index in [9.17, 15) is 9.59 Å². The highest BCUT2D eigenvalue weighted by Crippen LogP contribution is 2.11. The van der Waals surface area contributed by atoms with Gasteiger partial charge in [-0.3, -0.25) is 9.78 Å². The molecule has 7 heteroatoms. The first-order chi connectivity index (χ1) is 12.1. The molecule has 0 radical (unpaired) electrons. The quantitative estimate of drug-likeness (QED) is 0.840.